The molecule has 0 saturated carbocycles. The maximum absolute atomic E-state index is 11.2. The van der Waals surface area contributed by atoms with Crippen LogP contribution in [0.1, 0.15) is 19.3 Å². The van der Waals surface area contributed by atoms with Crippen LogP contribution in [0, 0.1) is 0 Å². The lowest BCUT2D eigenvalue weighted by molar-refractivity contribution is -0.148. The molecule has 19 heavy (non-hydrogen) atoms. The second-order valence-electron chi connectivity index (χ2n) is 4.34. The number of esters is 1. The predicted octanol–water partition coefficient (Wildman–Crippen LogP) is 0.312. The van der Waals surface area contributed by atoms with Crippen molar-refractivity contribution in [2.45, 2.75) is 25.4 Å². The molecule has 6 heteroatoms. The number of likely N-dealkylation sites (tertiary alicyclic amines) is 1. The number of rotatable bonds is 8. The number of nitrogens with zero attached hydrogens (tertiary/aromatic N) is 1. The number of aldehydes is 1. The van der Waals surface area contributed by atoms with E-state index in [2.05, 4.69) is 4.90 Å². The van der Waals surface area contributed by atoms with Crippen molar-refractivity contribution < 1.29 is 23.9 Å². The van der Waals surface area contributed by atoms with Crippen LogP contribution < -0.4 is 0 Å². The molecular formula is C13H19NO5. The largest absolute Gasteiger partial charge is 0.460 e. The Morgan fingerprint density at radius 1 is 1.21 bits per heavy atom. The maximum atomic E-state index is 11.2. The summed E-state index contributed by atoms with van der Waals surface area (Å²) < 4.78 is 9.81. The van der Waals surface area contributed by atoms with Crippen LogP contribution in [0.4, 0.5) is 0 Å². The first kappa shape index (κ1) is 15.4. The molecule has 1 aliphatic rings. The van der Waals surface area contributed by atoms with Gasteiger partial charge in [-0.2, -0.15) is 0 Å². The minimum atomic E-state index is -0.620. The second kappa shape index (κ2) is 9.27. The van der Waals surface area contributed by atoms with E-state index >= 15 is 0 Å². The number of piperidine rings is 1. The standard InChI is InChI=1S/C13H19NO5/c15-8-4-5-13(17)18-10-12(19-11-16)9-14-6-2-1-3-7-14/h4-5,8,11-12H,1-3,6-7,9-10H2/b5-4+. The monoisotopic (exact) mass is 269 g/mol. The number of hydrogen-bond acceptors (Lipinski definition) is 6. The number of allylic oxidation sites excluding steroid dienone is 1. The summed E-state index contributed by atoms with van der Waals surface area (Å²) in [6.45, 7) is 2.86. The van der Waals surface area contributed by atoms with Gasteiger partial charge in [-0.25, -0.2) is 4.79 Å². The summed E-state index contributed by atoms with van der Waals surface area (Å²) in [5, 5.41) is 0. The third kappa shape index (κ3) is 6.71. The van der Waals surface area contributed by atoms with Crippen LogP contribution in [-0.4, -0.2) is 56.0 Å². The van der Waals surface area contributed by atoms with Crippen LogP contribution in [0.2, 0.25) is 0 Å². The van der Waals surface area contributed by atoms with Gasteiger partial charge in [0.05, 0.1) is 0 Å². The highest BCUT2D eigenvalue weighted by molar-refractivity contribution is 5.86. The molecule has 6 nitrogen and oxygen atoms in total. The summed E-state index contributed by atoms with van der Waals surface area (Å²) in [6, 6.07) is 0. The van der Waals surface area contributed by atoms with Crippen molar-refractivity contribution in [2.75, 3.05) is 26.2 Å². The van der Waals surface area contributed by atoms with E-state index in [0.717, 1.165) is 38.1 Å². The van der Waals surface area contributed by atoms with E-state index in [1.54, 1.807) is 0 Å². The Morgan fingerprint density at radius 2 is 1.95 bits per heavy atom. The Labute approximate surface area is 112 Å². The number of carbonyl (C=O) groups excluding carboxylic acids is 3. The molecule has 0 amide bonds. The van der Waals surface area contributed by atoms with Crippen molar-refractivity contribution in [2.24, 2.45) is 0 Å². The van der Waals surface area contributed by atoms with E-state index in [0.29, 0.717) is 19.3 Å². The molecule has 0 aromatic rings. The molecule has 1 unspecified atom stereocenters. The third-order valence-electron chi connectivity index (χ3n) is 2.88. The molecule has 1 saturated heterocycles. The fraction of sp³-hybridized carbons (Fsp3) is 0.615. The van der Waals surface area contributed by atoms with Crippen molar-refractivity contribution in [3.05, 3.63) is 12.2 Å². The lowest BCUT2D eigenvalue weighted by atomic mass is 10.1. The molecule has 0 radical (unpaired) electrons. The van der Waals surface area contributed by atoms with Crippen LogP contribution in [0.5, 0.6) is 0 Å². The molecule has 0 aromatic heterocycles. The first-order valence-electron chi connectivity index (χ1n) is 6.36. The van der Waals surface area contributed by atoms with Gasteiger partial charge in [0.2, 0.25) is 0 Å². The molecule has 0 spiro atoms. The second-order valence-corrected chi connectivity index (χ2v) is 4.34. The van der Waals surface area contributed by atoms with E-state index in [1.807, 2.05) is 0 Å². The van der Waals surface area contributed by atoms with Crippen molar-refractivity contribution in [1.82, 2.24) is 4.90 Å². The minimum absolute atomic E-state index is 0.00271. The van der Waals surface area contributed by atoms with E-state index in [-0.39, 0.29) is 6.61 Å². The average Bonchev–Trinajstić information content (AvgIpc) is 2.44. The zero-order chi connectivity index (χ0) is 13.9. The molecule has 1 heterocycles. The van der Waals surface area contributed by atoms with Gasteiger partial charge < -0.3 is 9.47 Å². The lowest BCUT2D eigenvalue weighted by Gasteiger charge is -2.29. The smallest absolute Gasteiger partial charge is 0.330 e. The fourth-order valence-electron chi connectivity index (χ4n) is 1.98. The molecule has 1 atom stereocenters. The Morgan fingerprint density at radius 3 is 2.58 bits per heavy atom. The lowest BCUT2D eigenvalue weighted by Crippen LogP contribution is -2.39. The highest BCUT2D eigenvalue weighted by Crippen LogP contribution is 2.10. The van der Waals surface area contributed by atoms with Gasteiger partial charge in [0.1, 0.15) is 19.0 Å². The van der Waals surface area contributed by atoms with E-state index < -0.39 is 12.1 Å². The average molecular weight is 269 g/mol. The van der Waals surface area contributed by atoms with Gasteiger partial charge in [0.15, 0.2) is 0 Å². The highest BCUT2D eigenvalue weighted by atomic mass is 16.6. The summed E-state index contributed by atoms with van der Waals surface area (Å²) in [5.74, 6) is -0.620. The van der Waals surface area contributed by atoms with Gasteiger partial charge in [-0.05, 0) is 32.0 Å². The first-order valence-corrected chi connectivity index (χ1v) is 6.36. The number of hydrogen-bond donors (Lipinski definition) is 0. The molecule has 0 N–H and O–H groups in total. The van der Waals surface area contributed by atoms with Gasteiger partial charge in [-0.3, -0.25) is 14.5 Å². The quantitative estimate of drug-likeness (QED) is 0.359. The zero-order valence-corrected chi connectivity index (χ0v) is 10.8. The van der Waals surface area contributed by atoms with Gasteiger partial charge in [-0.15, -0.1) is 0 Å². The Hall–Kier alpha value is -1.69. The molecule has 1 rings (SSSR count). The van der Waals surface area contributed by atoms with Crippen LogP contribution in [0.15, 0.2) is 12.2 Å². The minimum Gasteiger partial charge on any atom is -0.460 e. The topological polar surface area (TPSA) is 72.9 Å². The molecule has 0 aliphatic carbocycles. The van der Waals surface area contributed by atoms with Gasteiger partial charge in [-0.1, -0.05) is 6.42 Å². The molecular weight excluding hydrogens is 250 g/mol. The molecule has 1 aliphatic heterocycles. The van der Waals surface area contributed by atoms with Crippen LogP contribution in [0.25, 0.3) is 0 Å². The fourth-order valence-corrected chi connectivity index (χ4v) is 1.98. The van der Waals surface area contributed by atoms with E-state index in [4.69, 9.17) is 9.47 Å². The Kier molecular flexibility index (Phi) is 7.50. The third-order valence-corrected chi connectivity index (χ3v) is 2.88. The molecule has 1 fully saturated rings. The molecule has 0 bridgehead atoms. The van der Waals surface area contributed by atoms with Gasteiger partial charge >= 0.3 is 5.97 Å². The van der Waals surface area contributed by atoms with Crippen LogP contribution in [0.3, 0.4) is 0 Å². The van der Waals surface area contributed by atoms with Crippen LogP contribution >= 0.6 is 0 Å². The van der Waals surface area contributed by atoms with Crippen molar-refractivity contribution in [3.63, 3.8) is 0 Å². The number of carbonyl (C=O) groups is 3. The first-order chi connectivity index (χ1) is 9.26. The summed E-state index contributed by atoms with van der Waals surface area (Å²) in [6.07, 6.45) is 5.61. The molecule has 106 valence electrons. The zero-order valence-electron chi connectivity index (χ0n) is 10.8. The number of ether oxygens (including phenoxy) is 2. The van der Waals surface area contributed by atoms with Crippen molar-refractivity contribution >= 4 is 18.7 Å². The van der Waals surface area contributed by atoms with Crippen LogP contribution in [-0.2, 0) is 23.9 Å². The highest BCUT2D eigenvalue weighted by Gasteiger charge is 2.18. The Balaban J connectivity index is 2.34. The summed E-state index contributed by atoms with van der Waals surface area (Å²) >= 11 is 0. The van der Waals surface area contributed by atoms with E-state index in [9.17, 15) is 14.4 Å². The maximum Gasteiger partial charge on any atom is 0.330 e. The van der Waals surface area contributed by atoms with Crippen molar-refractivity contribution in [3.8, 4) is 0 Å². The van der Waals surface area contributed by atoms with Gasteiger partial charge in [0, 0.05) is 12.6 Å². The molecule has 0 aromatic carbocycles. The predicted molar refractivity (Wildman–Crippen MR) is 67.4 cm³/mol. The Bertz CT molecular complexity index is 323. The summed E-state index contributed by atoms with van der Waals surface area (Å²) in [5.41, 5.74) is 0. The van der Waals surface area contributed by atoms with Crippen molar-refractivity contribution in [1.29, 1.82) is 0 Å². The SMILES string of the molecule is O=C/C=C/C(=O)OCC(CN1CCCCC1)OC=O. The normalized spacial score (nSPS) is 17.9. The van der Waals surface area contributed by atoms with Gasteiger partial charge in [0.25, 0.3) is 6.47 Å². The van der Waals surface area contributed by atoms with E-state index in [1.165, 1.54) is 6.42 Å². The summed E-state index contributed by atoms with van der Waals surface area (Å²) in [4.78, 5) is 33.8. The summed E-state index contributed by atoms with van der Waals surface area (Å²) in [7, 11) is 0.